The van der Waals surface area contributed by atoms with Crippen molar-refractivity contribution in [1.29, 1.82) is 0 Å². The topological polar surface area (TPSA) is 29.9 Å². The second-order valence-corrected chi connectivity index (χ2v) is 3.20. The number of rotatable bonds is 3. The molecule has 0 aliphatic rings. The van der Waals surface area contributed by atoms with Crippen LogP contribution in [0, 0.1) is 6.92 Å². The quantitative estimate of drug-likeness (QED) is 0.736. The molecule has 0 radical (unpaired) electrons. The van der Waals surface area contributed by atoms with Crippen LogP contribution in [0.4, 0.5) is 0 Å². The summed E-state index contributed by atoms with van der Waals surface area (Å²) in [7, 11) is 1.98. The van der Waals surface area contributed by atoms with Gasteiger partial charge in [-0.05, 0) is 27.8 Å². The third-order valence-electron chi connectivity index (χ3n) is 2.48. The van der Waals surface area contributed by atoms with Gasteiger partial charge in [0, 0.05) is 24.5 Å². The minimum atomic E-state index is 0.456. The molecular formula is C9H17N3. The van der Waals surface area contributed by atoms with E-state index in [1.807, 2.05) is 26.4 Å². The molecule has 0 aliphatic heterocycles. The molecule has 0 saturated carbocycles. The van der Waals surface area contributed by atoms with Gasteiger partial charge in [0.2, 0.25) is 0 Å². The van der Waals surface area contributed by atoms with E-state index in [9.17, 15) is 0 Å². The molecule has 1 heterocycles. The maximum Gasteiger partial charge on any atom is 0.105 e. The summed E-state index contributed by atoms with van der Waals surface area (Å²) in [5.74, 6) is 1.07. The number of aromatic nitrogens is 2. The highest BCUT2D eigenvalue weighted by Crippen LogP contribution is 2.11. The number of nitrogens with one attached hydrogen (secondary N) is 1. The first kappa shape index (κ1) is 9.26. The van der Waals surface area contributed by atoms with Crippen LogP contribution in [-0.2, 0) is 0 Å². The Morgan fingerprint density at radius 2 is 2.17 bits per heavy atom. The van der Waals surface area contributed by atoms with Gasteiger partial charge in [0.05, 0.1) is 0 Å². The van der Waals surface area contributed by atoms with E-state index in [0.29, 0.717) is 12.1 Å². The Bertz CT molecular complexity index is 242. The van der Waals surface area contributed by atoms with Crippen LogP contribution >= 0.6 is 0 Å². The van der Waals surface area contributed by atoms with Crippen molar-refractivity contribution < 1.29 is 0 Å². The first-order chi connectivity index (χ1) is 5.66. The van der Waals surface area contributed by atoms with Crippen molar-refractivity contribution in [2.45, 2.75) is 32.9 Å². The summed E-state index contributed by atoms with van der Waals surface area (Å²) in [4.78, 5) is 4.19. The van der Waals surface area contributed by atoms with Gasteiger partial charge in [-0.3, -0.25) is 0 Å². The second-order valence-electron chi connectivity index (χ2n) is 3.20. The summed E-state index contributed by atoms with van der Waals surface area (Å²) in [6.45, 7) is 6.39. The fourth-order valence-corrected chi connectivity index (χ4v) is 1.30. The third kappa shape index (κ3) is 1.67. The lowest BCUT2D eigenvalue weighted by atomic mass is 10.2. The Morgan fingerprint density at radius 1 is 1.50 bits per heavy atom. The zero-order valence-corrected chi connectivity index (χ0v) is 8.20. The fourth-order valence-electron chi connectivity index (χ4n) is 1.30. The maximum atomic E-state index is 4.19. The fraction of sp³-hybridized carbons (Fsp3) is 0.667. The number of aryl methyl sites for hydroxylation is 1. The number of likely N-dealkylation sites (N-methyl/N-ethyl adjacent to an activating group) is 1. The van der Waals surface area contributed by atoms with Crippen molar-refractivity contribution in [2.75, 3.05) is 7.05 Å². The summed E-state index contributed by atoms with van der Waals surface area (Å²) < 4.78 is 2.18. The van der Waals surface area contributed by atoms with Gasteiger partial charge in [0.25, 0.3) is 0 Å². The predicted octanol–water partition coefficient (Wildman–Crippen LogP) is 1.36. The molecule has 12 heavy (non-hydrogen) atoms. The lowest BCUT2D eigenvalue weighted by molar-refractivity contribution is 0.408. The number of imidazole rings is 1. The van der Waals surface area contributed by atoms with Gasteiger partial charge >= 0.3 is 0 Å². The molecule has 0 aromatic carbocycles. The minimum absolute atomic E-state index is 0.456. The van der Waals surface area contributed by atoms with Gasteiger partial charge in [0.1, 0.15) is 5.82 Å². The highest BCUT2D eigenvalue weighted by molar-refractivity contribution is 4.93. The van der Waals surface area contributed by atoms with Gasteiger partial charge in [-0.15, -0.1) is 0 Å². The highest BCUT2D eigenvalue weighted by atomic mass is 15.1. The summed E-state index contributed by atoms with van der Waals surface area (Å²) in [5.41, 5.74) is 0. The van der Waals surface area contributed by atoms with Gasteiger partial charge in [-0.2, -0.15) is 0 Å². The Balaban J connectivity index is 2.77. The monoisotopic (exact) mass is 167 g/mol. The average molecular weight is 167 g/mol. The van der Waals surface area contributed by atoms with Gasteiger partial charge in [-0.25, -0.2) is 4.98 Å². The van der Waals surface area contributed by atoms with E-state index in [4.69, 9.17) is 0 Å². The summed E-state index contributed by atoms with van der Waals surface area (Å²) in [6, 6.07) is 0.926. The molecule has 3 heteroatoms. The molecule has 1 rings (SSSR count). The highest BCUT2D eigenvalue weighted by Gasteiger charge is 2.12. The van der Waals surface area contributed by atoms with Gasteiger partial charge in [0.15, 0.2) is 0 Å². The normalized spacial score (nSPS) is 16.0. The lowest BCUT2D eigenvalue weighted by Crippen LogP contribution is -2.30. The zero-order valence-electron chi connectivity index (χ0n) is 8.20. The van der Waals surface area contributed by atoms with Crippen LogP contribution in [0.5, 0.6) is 0 Å². The number of hydrogen-bond donors (Lipinski definition) is 1. The SMILES string of the molecule is CNC(C)C(C)n1ccnc1C. The molecule has 3 nitrogen and oxygen atoms in total. The molecule has 1 N–H and O–H groups in total. The molecule has 0 bridgehead atoms. The number of nitrogens with zero attached hydrogens (tertiary/aromatic N) is 2. The number of hydrogen-bond acceptors (Lipinski definition) is 2. The van der Waals surface area contributed by atoms with Crippen molar-refractivity contribution in [3.8, 4) is 0 Å². The molecule has 0 amide bonds. The van der Waals surface area contributed by atoms with Gasteiger partial charge < -0.3 is 9.88 Å². The molecule has 0 aliphatic carbocycles. The molecule has 2 atom stereocenters. The molecule has 0 fully saturated rings. The predicted molar refractivity (Wildman–Crippen MR) is 50.2 cm³/mol. The molecule has 1 aromatic rings. The second kappa shape index (κ2) is 3.72. The van der Waals surface area contributed by atoms with E-state index in [1.165, 1.54) is 0 Å². The van der Waals surface area contributed by atoms with E-state index >= 15 is 0 Å². The summed E-state index contributed by atoms with van der Waals surface area (Å²) >= 11 is 0. The maximum absolute atomic E-state index is 4.19. The first-order valence-electron chi connectivity index (χ1n) is 4.33. The van der Waals surface area contributed by atoms with Crippen LogP contribution in [0.1, 0.15) is 25.7 Å². The molecule has 68 valence electrons. The van der Waals surface area contributed by atoms with Crippen LogP contribution in [0.15, 0.2) is 12.4 Å². The van der Waals surface area contributed by atoms with E-state index in [-0.39, 0.29) is 0 Å². The third-order valence-corrected chi connectivity index (χ3v) is 2.48. The largest absolute Gasteiger partial charge is 0.331 e. The smallest absolute Gasteiger partial charge is 0.105 e. The van der Waals surface area contributed by atoms with Crippen molar-refractivity contribution >= 4 is 0 Å². The van der Waals surface area contributed by atoms with Crippen molar-refractivity contribution in [1.82, 2.24) is 14.9 Å². The van der Waals surface area contributed by atoms with Crippen LogP contribution in [0.2, 0.25) is 0 Å². The van der Waals surface area contributed by atoms with E-state index < -0.39 is 0 Å². The zero-order chi connectivity index (χ0) is 9.14. The van der Waals surface area contributed by atoms with Crippen molar-refractivity contribution in [3.05, 3.63) is 18.2 Å². The molecule has 0 spiro atoms. The van der Waals surface area contributed by atoms with Gasteiger partial charge in [-0.1, -0.05) is 0 Å². The minimum Gasteiger partial charge on any atom is -0.331 e. The average Bonchev–Trinajstić information content (AvgIpc) is 2.48. The van der Waals surface area contributed by atoms with E-state index in [0.717, 1.165) is 5.82 Å². The molecular weight excluding hydrogens is 150 g/mol. The van der Waals surface area contributed by atoms with Crippen LogP contribution < -0.4 is 5.32 Å². The van der Waals surface area contributed by atoms with Crippen molar-refractivity contribution in [3.63, 3.8) is 0 Å². The van der Waals surface area contributed by atoms with E-state index in [2.05, 4.69) is 28.7 Å². The van der Waals surface area contributed by atoms with Crippen LogP contribution in [0.3, 0.4) is 0 Å². The lowest BCUT2D eigenvalue weighted by Gasteiger charge is -2.21. The molecule has 1 aromatic heterocycles. The molecule has 2 unspecified atom stereocenters. The summed E-state index contributed by atoms with van der Waals surface area (Å²) in [6.07, 6.45) is 3.86. The summed E-state index contributed by atoms with van der Waals surface area (Å²) in [5, 5.41) is 3.23. The first-order valence-corrected chi connectivity index (χ1v) is 4.33. The molecule has 0 saturated heterocycles. The Labute approximate surface area is 73.8 Å². The van der Waals surface area contributed by atoms with Crippen LogP contribution in [0.25, 0.3) is 0 Å². The van der Waals surface area contributed by atoms with E-state index in [1.54, 1.807) is 0 Å². The Kier molecular flexibility index (Phi) is 2.87. The van der Waals surface area contributed by atoms with Crippen molar-refractivity contribution in [2.24, 2.45) is 0 Å². The standard InChI is InChI=1S/C9H17N3/c1-7(10-4)8(2)12-6-5-11-9(12)3/h5-8,10H,1-4H3. The Morgan fingerprint density at radius 3 is 2.58 bits per heavy atom. The Hall–Kier alpha value is -0.830. The van der Waals surface area contributed by atoms with Crippen LogP contribution in [-0.4, -0.2) is 22.6 Å².